The van der Waals surface area contributed by atoms with E-state index in [1.165, 1.54) is 16.5 Å². The van der Waals surface area contributed by atoms with Crippen molar-refractivity contribution in [3.8, 4) is 0 Å². The van der Waals surface area contributed by atoms with Crippen LogP contribution in [0.3, 0.4) is 0 Å². The second-order valence-corrected chi connectivity index (χ2v) is 8.25. The molecule has 3 aromatic rings. The first-order valence-electron chi connectivity index (χ1n) is 10.4. The Morgan fingerprint density at radius 1 is 1.04 bits per heavy atom. The van der Waals surface area contributed by atoms with Crippen LogP contribution in [0.2, 0.25) is 0 Å². The van der Waals surface area contributed by atoms with Gasteiger partial charge in [-0.15, -0.1) is 0 Å². The highest BCUT2D eigenvalue weighted by atomic mass is 16.2. The second kappa shape index (κ2) is 7.34. The Morgan fingerprint density at radius 3 is 2.61 bits per heavy atom. The number of piperidine rings is 1. The van der Waals surface area contributed by atoms with Crippen LogP contribution in [0.25, 0.3) is 10.9 Å². The minimum atomic E-state index is 0.127. The molecule has 3 heterocycles. The average Bonchev–Trinajstić information content (AvgIpc) is 3.30. The first kappa shape index (κ1) is 17.4. The molecule has 2 aromatic carbocycles. The lowest BCUT2D eigenvalue weighted by Gasteiger charge is -2.39. The minimum absolute atomic E-state index is 0.127. The van der Waals surface area contributed by atoms with E-state index < -0.39 is 0 Å². The molecule has 2 aliphatic heterocycles. The molecule has 3 atom stereocenters. The number of hydrogen-bond acceptors (Lipinski definition) is 1. The van der Waals surface area contributed by atoms with E-state index in [1.54, 1.807) is 0 Å². The van der Waals surface area contributed by atoms with E-state index in [0.717, 1.165) is 37.6 Å². The van der Waals surface area contributed by atoms with Gasteiger partial charge in [0.15, 0.2) is 0 Å². The lowest BCUT2D eigenvalue weighted by Crippen LogP contribution is -2.50. The van der Waals surface area contributed by atoms with E-state index in [9.17, 15) is 4.79 Å². The van der Waals surface area contributed by atoms with Gasteiger partial charge >= 0.3 is 6.03 Å². The van der Waals surface area contributed by atoms with E-state index >= 15 is 0 Å². The van der Waals surface area contributed by atoms with Gasteiger partial charge in [0.1, 0.15) is 0 Å². The van der Waals surface area contributed by atoms with Crippen molar-refractivity contribution in [3.63, 3.8) is 0 Å². The average molecular weight is 374 g/mol. The van der Waals surface area contributed by atoms with Crippen molar-refractivity contribution in [1.82, 2.24) is 15.2 Å². The first-order chi connectivity index (χ1) is 13.8. The van der Waals surface area contributed by atoms with Gasteiger partial charge in [0.05, 0.1) is 0 Å². The summed E-state index contributed by atoms with van der Waals surface area (Å²) >= 11 is 0. The summed E-state index contributed by atoms with van der Waals surface area (Å²) < 4.78 is 0. The van der Waals surface area contributed by atoms with Gasteiger partial charge < -0.3 is 15.2 Å². The van der Waals surface area contributed by atoms with Crippen LogP contribution in [0.5, 0.6) is 0 Å². The highest BCUT2D eigenvalue weighted by Crippen LogP contribution is 2.42. The number of fused-ring (bicyclic) bond motifs is 3. The fraction of sp³-hybridized carbons (Fsp3) is 0.375. The molecular formula is C24H27N3O. The van der Waals surface area contributed by atoms with E-state index in [2.05, 4.69) is 69.8 Å². The van der Waals surface area contributed by atoms with Gasteiger partial charge in [-0.1, -0.05) is 36.4 Å². The van der Waals surface area contributed by atoms with E-state index in [1.807, 2.05) is 6.20 Å². The summed E-state index contributed by atoms with van der Waals surface area (Å²) in [6, 6.07) is 20.3. The largest absolute Gasteiger partial charge is 0.361 e. The van der Waals surface area contributed by atoms with Crippen LogP contribution in [0.1, 0.15) is 42.7 Å². The molecule has 2 bridgehead atoms. The molecule has 2 saturated heterocycles. The molecule has 1 aromatic heterocycles. The summed E-state index contributed by atoms with van der Waals surface area (Å²) in [7, 11) is 0. The molecule has 0 saturated carbocycles. The van der Waals surface area contributed by atoms with Gasteiger partial charge in [-0.25, -0.2) is 4.79 Å². The number of amides is 2. The Kier molecular flexibility index (Phi) is 4.55. The van der Waals surface area contributed by atoms with Crippen LogP contribution in [-0.2, 0) is 6.42 Å². The standard InChI is InChI=1S/C24H27N3O/c28-24(26-12-10-17-6-9-23-19(14-17)11-13-25-23)27-21-7-8-22(27)16-20(15-21)18-4-2-1-3-5-18/h1-6,9,11,13-14,20-22,25H,7-8,10,12,15-16H2,(H,26,28)/t20?,21-,22+. The molecule has 2 aliphatic rings. The zero-order valence-corrected chi connectivity index (χ0v) is 16.1. The number of aromatic amines is 1. The predicted molar refractivity (Wildman–Crippen MR) is 112 cm³/mol. The quantitative estimate of drug-likeness (QED) is 0.676. The highest BCUT2D eigenvalue weighted by Gasteiger charge is 2.43. The Morgan fingerprint density at radius 2 is 1.82 bits per heavy atom. The summed E-state index contributed by atoms with van der Waals surface area (Å²) in [5.74, 6) is 0.593. The Labute approximate surface area is 165 Å². The van der Waals surface area contributed by atoms with Crippen molar-refractivity contribution in [2.24, 2.45) is 0 Å². The minimum Gasteiger partial charge on any atom is -0.361 e. The number of urea groups is 1. The third-order valence-corrected chi connectivity index (χ3v) is 6.55. The van der Waals surface area contributed by atoms with Gasteiger partial charge in [-0.2, -0.15) is 0 Å². The van der Waals surface area contributed by atoms with Crippen LogP contribution in [0, 0.1) is 0 Å². The second-order valence-electron chi connectivity index (χ2n) is 8.25. The van der Waals surface area contributed by atoms with Gasteiger partial charge in [0.2, 0.25) is 0 Å². The maximum Gasteiger partial charge on any atom is 0.317 e. The third kappa shape index (κ3) is 3.28. The van der Waals surface area contributed by atoms with Gasteiger partial charge in [-0.05, 0) is 72.7 Å². The molecule has 28 heavy (non-hydrogen) atoms. The van der Waals surface area contributed by atoms with Crippen molar-refractivity contribution in [2.75, 3.05) is 6.54 Å². The SMILES string of the molecule is O=C(NCCc1ccc2[nH]ccc2c1)N1[C@@H]2CC[C@H]1CC(c1ccccc1)C2. The Balaban J connectivity index is 1.18. The molecule has 0 spiro atoms. The number of carbonyl (C=O) groups is 1. The van der Waals surface area contributed by atoms with Gasteiger partial charge in [-0.3, -0.25) is 0 Å². The number of nitrogens with one attached hydrogen (secondary N) is 2. The van der Waals surface area contributed by atoms with Crippen LogP contribution in [-0.4, -0.2) is 34.5 Å². The number of H-pyrrole nitrogens is 1. The van der Waals surface area contributed by atoms with Gasteiger partial charge in [0.25, 0.3) is 0 Å². The number of benzene rings is 2. The molecule has 4 nitrogen and oxygen atoms in total. The number of aromatic nitrogens is 1. The molecule has 2 amide bonds. The van der Waals surface area contributed by atoms with Crippen LogP contribution < -0.4 is 5.32 Å². The van der Waals surface area contributed by atoms with E-state index in [4.69, 9.17) is 0 Å². The number of nitrogens with zero attached hydrogens (tertiary/aromatic N) is 1. The maximum atomic E-state index is 12.9. The van der Waals surface area contributed by atoms with E-state index in [0.29, 0.717) is 24.5 Å². The lowest BCUT2D eigenvalue weighted by atomic mass is 9.85. The van der Waals surface area contributed by atoms with Crippen LogP contribution in [0.4, 0.5) is 4.79 Å². The third-order valence-electron chi connectivity index (χ3n) is 6.55. The molecule has 1 unspecified atom stereocenters. The number of carbonyl (C=O) groups excluding carboxylic acids is 1. The molecular weight excluding hydrogens is 346 g/mol. The summed E-state index contributed by atoms with van der Waals surface area (Å²) in [5.41, 5.74) is 3.85. The predicted octanol–water partition coefficient (Wildman–Crippen LogP) is 4.83. The molecule has 144 valence electrons. The molecule has 2 N–H and O–H groups in total. The van der Waals surface area contributed by atoms with Crippen molar-refractivity contribution in [3.05, 3.63) is 71.9 Å². The first-order valence-corrected chi connectivity index (χ1v) is 10.4. The molecule has 5 rings (SSSR count). The smallest absolute Gasteiger partial charge is 0.317 e. The zero-order valence-electron chi connectivity index (χ0n) is 16.1. The summed E-state index contributed by atoms with van der Waals surface area (Å²) in [4.78, 5) is 18.2. The monoisotopic (exact) mass is 373 g/mol. The van der Waals surface area contributed by atoms with E-state index in [-0.39, 0.29) is 6.03 Å². The molecule has 0 aliphatic carbocycles. The summed E-state index contributed by atoms with van der Waals surface area (Å²) in [6.45, 7) is 0.687. The fourth-order valence-corrected chi connectivity index (χ4v) is 5.17. The molecule has 4 heteroatoms. The normalized spacial score (nSPS) is 23.9. The van der Waals surface area contributed by atoms with Gasteiger partial charge in [0, 0.05) is 30.3 Å². The summed E-state index contributed by atoms with van der Waals surface area (Å²) in [6.07, 6.45) is 7.31. The highest BCUT2D eigenvalue weighted by molar-refractivity contribution is 5.80. The Bertz CT molecular complexity index is 950. The van der Waals surface area contributed by atoms with Crippen LogP contribution in [0.15, 0.2) is 60.8 Å². The topological polar surface area (TPSA) is 48.1 Å². The summed E-state index contributed by atoms with van der Waals surface area (Å²) in [5, 5.41) is 4.40. The van der Waals surface area contributed by atoms with Crippen molar-refractivity contribution < 1.29 is 4.79 Å². The lowest BCUT2D eigenvalue weighted by molar-refractivity contribution is 0.138. The van der Waals surface area contributed by atoms with Crippen molar-refractivity contribution >= 4 is 16.9 Å². The Hall–Kier alpha value is -2.75. The number of hydrogen-bond donors (Lipinski definition) is 2. The fourth-order valence-electron chi connectivity index (χ4n) is 5.17. The number of rotatable bonds is 4. The molecule has 2 fully saturated rings. The molecule has 0 radical (unpaired) electrons. The van der Waals surface area contributed by atoms with Crippen LogP contribution >= 0.6 is 0 Å². The zero-order chi connectivity index (χ0) is 18.9. The van der Waals surface area contributed by atoms with Crippen molar-refractivity contribution in [2.45, 2.75) is 50.1 Å². The maximum absolute atomic E-state index is 12.9. The van der Waals surface area contributed by atoms with Crippen molar-refractivity contribution in [1.29, 1.82) is 0 Å².